The van der Waals surface area contributed by atoms with Crippen LogP contribution in [0.5, 0.6) is 0 Å². The van der Waals surface area contributed by atoms with Crippen LogP contribution < -0.4 is 108 Å². The minimum absolute atomic E-state index is 0. The number of rotatable bonds is 2. The van der Waals surface area contributed by atoms with Crippen LogP contribution in [0.1, 0.15) is 0 Å². The van der Waals surface area contributed by atoms with Gasteiger partial charge in [-0.15, -0.1) is 0 Å². The summed E-state index contributed by atoms with van der Waals surface area (Å²) in [5, 5.41) is 2.80. The number of hydrogen-bond donors (Lipinski definition) is 1. The number of hydrazone groups is 1. The summed E-state index contributed by atoms with van der Waals surface area (Å²) < 4.78 is 61.0. The quantitative estimate of drug-likeness (QED) is 0.183. The Morgan fingerprint density at radius 1 is 0.947 bits per heavy atom. The third kappa shape index (κ3) is 8.72. The van der Waals surface area contributed by atoms with Gasteiger partial charge >= 0.3 is 103 Å². The number of hydrogen-bond acceptors (Lipinski definition) is 8. The van der Waals surface area contributed by atoms with Crippen molar-refractivity contribution in [3.05, 3.63) is 30.3 Å². The second-order valence-electron chi connectivity index (χ2n) is 2.76. The molecular formula is C7H6K2N2O6S2. The maximum absolute atomic E-state index is 10.5. The molecule has 0 bridgehead atoms. The predicted octanol–water partition coefficient (Wildman–Crippen LogP) is -6.53. The van der Waals surface area contributed by atoms with Crippen molar-refractivity contribution in [2.24, 2.45) is 5.10 Å². The van der Waals surface area contributed by atoms with Crippen LogP contribution in [0.15, 0.2) is 35.4 Å². The second-order valence-corrected chi connectivity index (χ2v) is 5.61. The maximum Gasteiger partial charge on any atom is 1.00 e. The number of benzene rings is 1. The van der Waals surface area contributed by atoms with Crippen LogP contribution in [-0.2, 0) is 20.2 Å². The molecule has 0 spiro atoms. The molecule has 94 valence electrons. The van der Waals surface area contributed by atoms with Gasteiger partial charge in [-0.2, -0.15) is 5.10 Å². The van der Waals surface area contributed by atoms with E-state index in [0.29, 0.717) is 0 Å². The Hall–Kier alpha value is 1.78. The first kappa shape index (κ1) is 23.1. The molecule has 1 rings (SSSR count). The molecule has 1 aromatic carbocycles. The summed E-state index contributed by atoms with van der Waals surface area (Å²) in [5.74, 6) is 0. The van der Waals surface area contributed by atoms with E-state index in [4.69, 9.17) is 0 Å². The smallest absolute Gasteiger partial charge is 0.742 e. The van der Waals surface area contributed by atoms with Gasteiger partial charge < -0.3 is 9.11 Å². The van der Waals surface area contributed by atoms with E-state index in [1.807, 2.05) is 5.43 Å². The Balaban J connectivity index is 0. The average Bonchev–Trinajstić information content (AvgIpc) is 2.15. The van der Waals surface area contributed by atoms with Gasteiger partial charge in [-0.1, -0.05) is 18.2 Å². The van der Waals surface area contributed by atoms with Gasteiger partial charge in [0.25, 0.3) is 0 Å². The minimum Gasteiger partial charge on any atom is -0.742 e. The molecule has 0 aliphatic carbocycles. The Morgan fingerprint density at radius 3 is 1.74 bits per heavy atom. The zero-order valence-electron chi connectivity index (χ0n) is 10.1. The van der Waals surface area contributed by atoms with Gasteiger partial charge in [0.2, 0.25) is 4.38 Å². The average molecular weight is 356 g/mol. The Labute approximate surface area is 195 Å². The van der Waals surface area contributed by atoms with Gasteiger partial charge in [-0.25, -0.2) is 16.8 Å². The number of para-hydroxylation sites is 1. The summed E-state index contributed by atoms with van der Waals surface area (Å²) in [6.07, 6.45) is 0. The van der Waals surface area contributed by atoms with Gasteiger partial charge in [0.1, 0.15) is 0 Å². The molecule has 0 atom stereocenters. The zero-order valence-corrected chi connectivity index (χ0v) is 18.0. The number of anilines is 1. The molecule has 0 fully saturated rings. The molecule has 19 heavy (non-hydrogen) atoms. The van der Waals surface area contributed by atoms with E-state index in [2.05, 4.69) is 5.10 Å². The Kier molecular flexibility index (Phi) is 11.8. The first-order valence-corrected chi connectivity index (χ1v) is 6.83. The fourth-order valence-corrected chi connectivity index (χ4v) is 2.17. The summed E-state index contributed by atoms with van der Waals surface area (Å²) in [4.78, 5) is 0. The standard InChI is InChI=1S/C7H8N2O6S2.2K/c10-16(11,12)7(17(13,14)15)9-8-6-4-2-1-3-5-6;;/h1-5,8H,(H,10,11,12)(H,13,14,15);;/q;2*+1/p-2. The van der Waals surface area contributed by atoms with Gasteiger partial charge in [0.05, 0.1) is 5.69 Å². The fourth-order valence-electron chi connectivity index (χ4n) is 0.860. The maximum atomic E-state index is 10.5. The van der Waals surface area contributed by atoms with Crippen molar-refractivity contribution in [3.63, 3.8) is 0 Å². The van der Waals surface area contributed by atoms with Gasteiger partial charge in [-0.3, -0.25) is 5.43 Å². The van der Waals surface area contributed by atoms with Crippen LogP contribution in [0, 0.1) is 0 Å². The summed E-state index contributed by atoms with van der Waals surface area (Å²) in [7, 11) is -10.9. The van der Waals surface area contributed by atoms with Crippen LogP contribution >= 0.6 is 0 Å². The third-order valence-electron chi connectivity index (χ3n) is 1.48. The summed E-state index contributed by atoms with van der Waals surface area (Å²) in [6, 6.07) is 7.60. The topological polar surface area (TPSA) is 139 Å². The van der Waals surface area contributed by atoms with Crippen molar-refractivity contribution < 1.29 is 129 Å². The first-order valence-electron chi connectivity index (χ1n) is 4.02. The Morgan fingerprint density at radius 2 is 1.37 bits per heavy atom. The summed E-state index contributed by atoms with van der Waals surface area (Å²) >= 11 is 0. The number of nitrogens with zero attached hydrogens (tertiary/aromatic N) is 1. The normalized spacial score (nSPS) is 10.6. The van der Waals surface area contributed by atoms with Crippen molar-refractivity contribution in [1.82, 2.24) is 0 Å². The molecule has 0 unspecified atom stereocenters. The van der Waals surface area contributed by atoms with Crippen LogP contribution in [0.2, 0.25) is 0 Å². The van der Waals surface area contributed by atoms with E-state index in [-0.39, 0.29) is 108 Å². The molecule has 1 aromatic rings. The van der Waals surface area contributed by atoms with Crippen molar-refractivity contribution in [1.29, 1.82) is 0 Å². The minimum atomic E-state index is -5.46. The van der Waals surface area contributed by atoms with Crippen LogP contribution in [-0.4, -0.2) is 30.3 Å². The van der Waals surface area contributed by atoms with Crippen molar-refractivity contribution in [3.8, 4) is 0 Å². The van der Waals surface area contributed by atoms with Crippen LogP contribution in [0.25, 0.3) is 0 Å². The summed E-state index contributed by atoms with van der Waals surface area (Å²) in [6.45, 7) is 0. The molecule has 8 nitrogen and oxygen atoms in total. The van der Waals surface area contributed by atoms with Crippen molar-refractivity contribution in [2.75, 3.05) is 5.43 Å². The second kappa shape index (κ2) is 9.73. The molecule has 0 radical (unpaired) electrons. The van der Waals surface area contributed by atoms with Crippen molar-refractivity contribution >= 4 is 30.3 Å². The van der Waals surface area contributed by atoms with Gasteiger partial charge in [-0.05, 0) is 12.1 Å². The SMILES string of the molecule is O=S(=O)([O-])C(=NNc1ccccc1)S(=O)(=O)[O-].[K+].[K+]. The van der Waals surface area contributed by atoms with Crippen LogP contribution in [0.4, 0.5) is 5.69 Å². The van der Waals surface area contributed by atoms with E-state index >= 15 is 0 Å². The fraction of sp³-hybridized carbons (Fsp3) is 0. The zero-order chi connectivity index (χ0) is 13.1. The predicted molar refractivity (Wildman–Crippen MR) is 56.9 cm³/mol. The first-order chi connectivity index (χ1) is 7.71. The molecule has 0 saturated carbocycles. The molecule has 1 N–H and O–H groups in total. The molecule has 12 heteroatoms. The monoisotopic (exact) mass is 356 g/mol. The number of nitrogens with one attached hydrogen (secondary N) is 1. The molecule has 0 saturated heterocycles. The van der Waals surface area contributed by atoms with Crippen LogP contribution in [0.3, 0.4) is 0 Å². The van der Waals surface area contributed by atoms with E-state index in [9.17, 15) is 25.9 Å². The Bertz CT molecular complexity index is 595. The molecule has 0 aliphatic rings. The summed E-state index contributed by atoms with van der Waals surface area (Å²) in [5.41, 5.74) is 2.21. The van der Waals surface area contributed by atoms with Gasteiger partial charge in [0.15, 0.2) is 20.2 Å². The van der Waals surface area contributed by atoms with E-state index in [0.717, 1.165) is 0 Å². The molecule has 0 heterocycles. The third-order valence-corrected chi connectivity index (χ3v) is 3.74. The van der Waals surface area contributed by atoms with Gasteiger partial charge in [0, 0.05) is 0 Å². The van der Waals surface area contributed by atoms with E-state index in [1.54, 1.807) is 18.2 Å². The molecule has 0 aromatic heterocycles. The van der Waals surface area contributed by atoms with E-state index in [1.165, 1.54) is 12.1 Å². The molecule has 0 amide bonds. The largest absolute Gasteiger partial charge is 1.00 e. The van der Waals surface area contributed by atoms with Crippen molar-refractivity contribution in [2.45, 2.75) is 0 Å². The molecular weight excluding hydrogens is 350 g/mol. The van der Waals surface area contributed by atoms with E-state index < -0.39 is 24.6 Å². The molecule has 0 aliphatic heterocycles.